The first kappa shape index (κ1) is 17.9. The first-order valence-corrected chi connectivity index (χ1v) is 8.13. The average molecular weight is 361 g/mol. The third-order valence-corrected chi connectivity index (χ3v) is 4.17. The van der Waals surface area contributed by atoms with Crippen molar-refractivity contribution in [3.05, 3.63) is 56.5 Å². The number of nitrogens with one attached hydrogen (secondary N) is 1. The van der Waals surface area contributed by atoms with Crippen molar-refractivity contribution in [2.45, 2.75) is 19.6 Å². The molecule has 0 saturated heterocycles. The van der Waals surface area contributed by atoms with E-state index in [9.17, 15) is 19.1 Å². The van der Waals surface area contributed by atoms with E-state index in [0.717, 1.165) is 4.57 Å². The largest absolute Gasteiger partial charge is 0.392 e. The van der Waals surface area contributed by atoms with Crippen molar-refractivity contribution >= 4 is 16.9 Å². The van der Waals surface area contributed by atoms with Crippen LogP contribution in [0, 0.1) is 5.82 Å². The molecule has 3 rings (SSSR count). The number of aliphatic hydroxyl groups excluding tert-OH is 1. The van der Waals surface area contributed by atoms with Crippen LogP contribution in [0.4, 0.5) is 10.2 Å². The zero-order valence-corrected chi connectivity index (χ0v) is 14.7. The van der Waals surface area contributed by atoms with Crippen molar-refractivity contribution in [3.63, 3.8) is 0 Å². The summed E-state index contributed by atoms with van der Waals surface area (Å²) >= 11 is 0. The molecule has 0 fully saturated rings. The molecule has 2 heterocycles. The molecule has 2 aromatic heterocycles. The molecule has 0 amide bonds. The van der Waals surface area contributed by atoms with E-state index in [2.05, 4.69) is 10.4 Å². The van der Waals surface area contributed by atoms with Crippen LogP contribution in [0.1, 0.15) is 12.5 Å². The van der Waals surface area contributed by atoms with Gasteiger partial charge in [0.25, 0.3) is 5.56 Å². The predicted octanol–water partition coefficient (Wildman–Crippen LogP) is 0.414. The SMILES string of the molecule is CC(O)CNc1nn(C)c2c(=O)n(Cc3ccccc3F)c(=O)n(C)c12. The Balaban J connectivity index is 2.19. The normalized spacial score (nSPS) is 12.5. The maximum Gasteiger partial charge on any atom is 0.331 e. The zero-order chi connectivity index (χ0) is 19.0. The van der Waals surface area contributed by atoms with Crippen LogP contribution in [0.15, 0.2) is 33.9 Å². The van der Waals surface area contributed by atoms with Crippen molar-refractivity contribution in [2.75, 3.05) is 11.9 Å². The Morgan fingerprint density at radius 1 is 1.23 bits per heavy atom. The van der Waals surface area contributed by atoms with E-state index in [1.807, 2.05) is 0 Å². The van der Waals surface area contributed by atoms with Crippen LogP contribution in [-0.2, 0) is 20.6 Å². The second-order valence-corrected chi connectivity index (χ2v) is 6.22. The Kier molecular flexibility index (Phi) is 4.64. The van der Waals surface area contributed by atoms with E-state index in [-0.39, 0.29) is 24.2 Å². The van der Waals surface area contributed by atoms with Crippen molar-refractivity contribution < 1.29 is 9.50 Å². The summed E-state index contributed by atoms with van der Waals surface area (Å²) < 4.78 is 17.6. The molecule has 26 heavy (non-hydrogen) atoms. The van der Waals surface area contributed by atoms with Gasteiger partial charge in [0.2, 0.25) is 0 Å². The maximum atomic E-state index is 13.9. The Hall–Kier alpha value is -2.94. The number of benzene rings is 1. The minimum Gasteiger partial charge on any atom is -0.392 e. The fourth-order valence-corrected chi connectivity index (χ4v) is 2.86. The molecule has 0 saturated carbocycles. The summed E-state index contributed by atoms with van der Waals surface area (Å²) in [6.45, 7) is 1.66. The van der Waals surface area contributed by atoms with Crippen LogP contribution >= 0.6 is 0 Å². The van der Waals surface area contributed by atoms with E-state index in [1.165, 1.54) is 28.4 Å². The molecular formula is C17H20FN5O3. The molecule has 1 unspecified atom stereocenters. The van der Waals surface area contributed by atoms with E-state index in [0.29, 0.717) is 11.3 Å². The Labute approximate surface area is 148 Å². The summed E-state index contributed by atoms with van der Waals surface area (Å²) in [6.07, 6.45) is -0.620. The molecule has 0 aliphatic rings. The van der Waals surface area contributed by atoms with Gasteiger partial charge in [0, 0.05) is 26.2 Å². The number of anilines is 1. The maximum absolute atomic E-state index is 13.9. The van der Waals surface area contributed by atoms with Gasteiger partial charge in [-0.2, -0.15) is 5.10 Å². The first-order valence-electron chi connectivity index (χ1n) is 8.13. The van der Waals surface area contributed by atoms with Crippen molar-refractivity contribution in [1.82, 2.24) is 18.9 Å². The van der Waals surface area contributed by atoms with Crippen molar-refractivity contribution in [3.8, 4) is 0 Å². The molecular weight excluding hydrogens is 341 g/mol. The molecule has 1 aromatic carbocycles. The highest BCUT2D eigenvalue weighted by Crippen LogP contribution is 2.18. The lowest BCUT2D eigenvalue weighted by Crippen LogP contribution is -2.40. The molecule has 8 nitrogen and oxygen atoms in total. The summed E-state index contributed by atoms with van der Waals surface area (Å²) in [4.78, 5) is 25.6. The number of halogens is 1. The Morgan fingerprint density at radius 2 is 1.92 bits per heavy atom. The minimum absolute atomic E-state index is 0.171. The lowest BCUT2D eigenvalue weighted by Gasteiger charge is -2.11. The minimum atomic E-state index is -0.620. The smallest absolute Gasteiger partial charge is 0.331 e. The number of hydrogen-bond donors (Lipinski definition) is 2. The van der Waals surface area contributed by atoms with Gasteiger partial charge in [-0.05, 0) is 13.0 Å². The molecule has 1 atom stereocenters. The molecule has 138 valence electrons. The monoisotopic (exact) mass is 361 g/mol. The summed E-state index contributed by atoms with van der Waals surface area (Å²) in [6, 6.07) is 6.01. The van der Waals surface area contributed by atoms with Crippen LogP contribution in [-0.4, -0.2) is 36.7 Å². The molecule has 0 bridgehead atoms. The van der Waals surface area contributed by atoms with Crippen LogP contribution in [0.5, 0.6) is 0 Å². The zero-order valence-electron chi connectivity index (χ0n) is 14.7. The van der Waals surface area contributed by atoms with Crippen molar-refractivity contribution in [1.29, 1.82) is 0 Å². The molecule has 0 spiro atoms. The summed E-state index contributed by atoms with van der Waals surface area (Å²) in [7, 11) is 3.12. The third-order valence-electron chi connectivity index (χ3n) is 4.17. The second kappa shape index (κ2) is 6.75. The van der Waals surface area contributed by atoms with Gasteiger partial charge in [0.05, 0.1) is 12.6 Å². The highest BCUT2D eigenvalue weighted by molar-refractivity contribution is 5.86. The molecule has 9 heteroatoms. The van der Waals surface area contributed by atoms with Crippen LogP contribution in [0.3, 0.4) is 0 Å². The standard InChI is InChI=1S/C17H20FN5O3/c1-10(24)8-19-15-13-14(22(3)20-15)16(25)23(17(26)21(13)2)9-11-6-4-5-7-12(11)18/h4-7,10,24H,8-9H2,1-3H3,(H,19,20). The summed E-state index contributed by atoms with van der Waals surface area (Å²) in [5.74, 6) is -0.149. The quantitative estimate of drug-likeness (QED) is 0.687. The van der Waals surface area contributed by atoms with Gasteiger partial charge in [-0.3, -0.25) is 18.6 Å². The van der Waals surface area contributed by atoms with Gasteiger partial charge in [-0.15, -0.1) is 0 Å². The van der Waals surface area contributed by atoms with Gasteiger partial charge in [-0.1, -0.05) is 18.2 Å². The lowest BCUT2D eigenvalue weighted by molar-refractivity contribution is 0.208. The van der Waals surface area contributed by atoms with Crippen LogP contribution in [0.25, 0.3) is 11.0 Å². The number of fused-ring (bicyclic) bond motifs is 1. The number of rotatable bonds is 5. The van der Waals surface area contributed by atoms with Gasteiger partial charge >= 0.3 is 5.69 Å². The number of aryl methyl sites for hydroxylation is 2. The van der Waals surface area contributed by atoms with Crippen LogP contribution in [0.2, 0.25) is 0 Å². The van der Waals surface area contributed by atoms with E-state index in [1.54, 1.807) is 26.1 Å². The second-order valence-electron chi connectivity index (χ2n) is 6.22. The average Bonchev–Trinajstić information content (AvgIpc) is 2.93. The van der Waals surface area contributed by atoms with E-state index >= 15 is 0 Å². The topological polar surface area (TPSA) is 94.1 Å². The van der Waals surface area contributed by atoms with Gasteiger partial charge in [0.1, 0.15) is 11.3 Å². The molecule has 3 aromatic rings. The lowest BCUT2D eigenvalue weighted by atomic mass is 10.2. The molecule has 0 radical (unpaired) electrons. The molecule has 0 aliphatic carbocycles. The van der Waals surface area contributed by atoms with E-state index < -0.39 is 23.2 Å². The highest BCUT2D eigenvalue weighted by Gasteiger charge is 2.20. The Bertz CT molecular complexity index is 1080. The highest BCUT2D eigenvalue weighted by atomic mass is 19.1. The van der Waals surface area contributed by atoms with E-state index in [4.69, 9.17) is 0 Å². The first-order chi connectivity index (χ1) is 12.3. The van der Waals surface area contributed by atoms with Crippen molar-refractivity contribution in [2.24, 2.45) is 14.1 Å². The molecule has 2 N–H and O–H groups in total. The van der Waals surface area contributed by atoms with Gasteiger partial charge in [-0.25, -0.2) is 9.18 Å². The third kappa shape index (κ3) is 3.01. The van der Waals surface area contributed by atoms with Gasteiger partial charge < -0.3 is 10.4 Å². The predicted molar refractivity (Wildman–Crippen MR) is 95.9 cm³/mol. The number of nitrogens with zero attached hydrogens (tertiary/aromatic N) is 4. The number of aromatic nitrogens is 4. The Morgan fingerprint density at radius 3 is 2.58 bits per heavy atom. The summed E-state index contributed by atoms with van der Waals surface area (Å²) in [5.41, 5.74) is -0.310. The summed E-state index contributed by atoms with van der Waals surface area (Å²) in [5, 5.41) is 16.6. The molecule has 0 aliphatic heterocycles. The number of aliphatic hydroxyl groups is 1. The van der Waals surface area contributed by atoms with Crippen LogP contribution < -0.4 is 16.6 Å². The van der Waals surface area contributed by atoms with Gasteiger partial charge in [0.15, 0.2) is 11.3 Å². The number of hydrogen-bond acceptors (Lipinski definition) is 5. The fraction of sp³-hybridized carbons (Fsp3) is 0.353. The fourth-order valence-electron chi connectivity index (χ4n) is 2.86.